The SMILES string of the molecule is COc1ccccc1C(=O)C(C)NCc1ccccc1F. The van der Waals surface area contributed by atoms with Gasteiger partial charge in [0.25, 0.3) is 0 Å². The van der Waals surface area contributed by atoms with Crippen LogP contribution >= 0.6 is 0 Å². The number of benzene rings is 2. The second-order valence-corrected chi connectivity index (χ2v) is 4.76. The summed E-state index contributed by atoms with van der Waals surface area (Å²) in [5, 5.41) is 3.04. The van der Waals surface area contributed by atoms with Crippen LogP contribution < -0.4 is 10.1 Å². The van der Waals surface area contributed by atoms with Gasteiger partial charge in [-0.25, -0.2) is 4.39 Å². The number of carbonyl (C=O) groups excluding carboxylic acids is 1. The second-order valence-electron chi connectivity index (χ2n) is 4.76. The maximum atomic E-state index is 13.5. The molecule has 0 bridgehead atoms. The molecule has 1 unspecified atom stereocenters. The summed E-state index contributed by atoms with van der Waals surface area (Å²) in [6.07, 6.45) is 0. The van der Waals surface area contributed by atoms with Crippen LogP contribution in [0.1, 0.15) is 22.8 Å². The Labute approximate surface area is 123 Å². The molecule has 0 saturated carbocycles. The lowest BCUT2D eigenvalue weighted by Crippen LogP contribution is -2.34. The molecular weight excluding hydrogens is 269 g/mol. The summed E-state index contributed by atoms with van der Waals surface area (Å²) in [7, 11) is 1.53. The van der Waals surface area contributed by atoms with E-state index in [1.807, 2.05) is 6.07 Å². The van der Waals surface area contributed by atoms with E-state index in [2.05, 4.69) is 5.32 Å². The van der Waals surface area contributed by atoms with E-state index < -0.39 is 6.04 Å². The number of nitrogens with one attached hydrogen (secondary N) is 1. The van der Waals surface area contributed by atoms with Crippen molar-refractivity contribution in [3.05, 3.63) is 65.5 Å². The van der Waals surface area contributed by atoms with Crippen molar-refractivity contribution in [2.24, 2.45) is 0 Å². The maximum absolute atomic E-state index is 13.5. The second kappa shape index (κ2) is 6.99. The van der Waals surface area contributed by atoms with Gasteiger partial charge in [0, 0.05) is 12.1 Å². The Morgan fingerprint density at radius 1 is 1.19 bits per heavy atom. The molecule has 0 radical (unpaired) electrons. The minimum atomic E-state index is -0.430. The number of hydrogen-bond donors (Lipinski definition) is 1. The normalized spacial score (nSPS) is 12.0. The topological polar surface area (TPSA) is 38.3 Å². The van der Waals surface area contributed by atoms with Crippen molar-refractivity contribution < 1.29 is 13.9 Å². The molecule has 1 atom stereocenters. The molecule has 2 aromatic rings. The Hall–Kier alpha value is -2.20. The summed E-state index contributed by atoms with van der Waals surface area (Å²) in [4.78, 5) is 12.4. The maximum Gasteiger partial charge on any atom is 0.183 e. The summed E-state index contributed by atoms with van der Waals surface area (Å²) in [5.74, 6) is 0.188. The number of halogens is 1. The molecule has 3 nitrogen and oxygen atoms in total. The lowest BCUT2D eigenvalue weighted by atomic mass is 10.0. The van der Waals surface area contributed by atoms with Gasteiger partial charge in [0.15, 0.2) is 5.78 Å². The Morgan fingerprint density at radius 2 is 1.86 bits per heavy atom. The number of methoxy groups -OCH3 is 1. The number of ether oxygens (including phenoxy) is 1. The van der Waals surface area contributed by atoms with Crippen LogP contribution in [0.2, 0.25) is 0 Å². The summed E-state index contributed by atoms with van der Waals surface area (Å²) >= 11 is 0. The smallest absolute Gasteiger partial charge is 0.183 e. The van der Waals surface area contributed by atoms with E-state index in [0.29, 0.717) is 23.4 Å². The van der Waals surface area contributed by atoms with Gasteiger partial charge in [-0.15, -0.1) is 0 Å². The molecule has 21 heavy (non-hydrogen) atoms. The first-order chi connectivity index (χ1) is 10.1. The van der Waals surface area contributed by atoms with E-state index >= 15 is 0 Å². The van der Waals surface area contributed by atoms with Crippen LogP contribution in [0.4, 0.5) is 4.39 Å². The number of Topliss-reactive ketones (excluding diaryl/α,β-unsaturated/α-hetero) is 1. The first-order valence-corrected chi connectivity index (χ1v) is 6.77. The van der Waals surface area contributed by atoms with E-state index in [0.717, 1.165) is 0 Å². The molecule has 0 aromatic heterocycles. The zero-order valence-electron chi connectivity index (χ0n) is 12.1. The summed E-state index contributed by atoms with van der Waals surface area (Å²) in [5.41, 5.74) is 1.06. The standard InChI is InChI=1S/C17H18FNO2/c1-12(19-11-13-7-3-5-9-15(13)18)17(20)14-8-4-6-10-16(14)21-2/h3-10,12,19H,11H2,1-2H3. The van der Waals surface area contributed by atoms with Crippen molar-refractivity contribution in [2.75, 3.05) is 7.11 Å². The molecule has 0 aliphatic heterocycles. The zero-order valence-corrected chi connectivity index (χ0v) is 12.1. The Bertz CT molecular complexity index is 628. The van der Waals surface area contributed by atoms with E-state index in [-0.39, 0.29) is 11.6 Å². The number of carbonyl (C=O) groups is 1. The Kier molecular flexibility index (Phi) is 5.06. The third kappa shape index (κ3) is 3.67. The fraction of sp³-hybridized carbons (Fsp3) is 0.235. The van der Waals surface area contributed by atoms with Crippen LogP contribution in [0.25, 0.3) is 0 Å². The first kappa shape index (κ1) is 15.2. The molecule has 0 saturated heterocycles. The molecule has 1 N–H and O–H groups in total. The van der Waals surface area contributed by atoms with Crippen molar-refractivity contribution in [1.29, 1.82) is 0 Å². The van der Waals surface area contributed by atoms with Crippen molar-refractivity contribution in [3.8, 4) is 5.75 Å². The molecule has 0 spiro atoms. The van der Waals surface area contributed by atoms with Crippen LogP contribution in [-0.2, 0) is 6.54 Å². The quantitative estimate of drug-likeness (QED) is 0.829. The van der Waals surface area contributed by atoms with E-state index in [4.69, 9.17) is 4.74 Å². The molecule has 2 rings (SSSR count). The van der Waals surface area contributed by atoms with Gasteiger partial charge in [-0.2, -0.15) is 0 Å². The predicted molar refractivity (Wildman–Crippen MR) is 80.0 cm³/mol. The fourth-order valence-corrected chi connectivity index (χ4v) is 2.08. The highest BCUT2D eigenvalue weighted by atomic mass is 19.1. The first-order valence-electron chi connectivity index (χ1n) is 6.77. The third-order valence-corrected chi connectivity index (χ3v) is 3.32. The van der Waals surface area contributed by atoms with Crippen LogP contribution in [-0.4, -0.2) is 18.9 Å². The molecule has 0 fully saturated rings. The molecule has 0 aliphatic carbocycles. The van der Waals surface area contributed by atoms with Gasteiger partial charge >= 0.3 is 0 Å². The average Bonchev–Trinajstić information content (AvgIpc) is 2.53. The van der Waals surface area contributed by atoms with Gasteiger partial charge in [0.1, 0.15) is 11.6 Å². The largest absolute Gasteiger partial charge is 0.496 e. The van der Waals surface area contributed by atoms with Gasteiger partial charge in [0.05, 0.1) is 18.7 Å². The number of hydrogen-bond acceptors (Lipinski definition) is 3. The molecular formula is C17H18FNO2. The lowest BCUT2D eigenvalue weighted by Gasteiger charge is -2.15. The van der Waals surface area contributed by atoms with Gasteiger partial charge in [-0.3, -0.25) is 4.79 Å². The van der Waals surface area contributed by atoms with Crippen LogP contribution in [0, 0.1) is 5.82 Å². The minimum absolute atomic E-state index is 0.0798. The Morgan fingerprint density at radius 3 is 2.57 bits per heavy atom. The molecule has 0 aliphatic rings. The lowest BCUT2D eigenvalue weighted by molar-refractivity contribution is 0.0947. The van der Waals surface area contributed by atoms with Crippen molar-refractivity contribution in [3.63, 3.8) is 0 Å². The number of para-hydroxylation sites is 1. The molecule has 4 heteroatoms. The monoisotopic (exact) mass is 287 g/mol. The van der Waals surface area contributed by atoms with Crippen LogP contribution in [0.5, 0.6) is 5.75 Å². The molecule has 0 heterocycles. The van der Waals surface area contributed by atoms with Crippen LogP contribution in [0.15, 0.2) is 48.5 Å². The summed E-state index contributed by atoms with van der Waals surface area (Å²) < 4.78 is 18.7. The van der Waals surface area contributed by atoms with E-state index in [1.54, 1.807) is 43.3 Å². The average molecular weight is 287 g/mol. The molecule has 110 valence electrons. The predicted octanol–water partition coefficient (Wildman–Crippen LogP) is 3.20. The van der Waals surface area contributed by atoms with E-state index in [1.165, 1.54) is 13.2 Å². The number of rotatable bonds is 6. The summed E-state index contributed by atoms with van der Waals surface area (Å²) in [6.45, 7) is 2.06. The van der Waals surface area contributed by atoms with E-state index in [9.17, 15) is 9.18 Å². The van der Waals surface area contributed by atoms with Gasteiger partial charge < -0.3 is 10.1 Å². The van der Waals surface area contributed by atoms with Gasteiger partial charge in [-0.1, -0.05) is 30.3 Å². The highest BCUT2D eigenvalue weighted by molar-refractivity contribution is 6.02. The van der Waals surface area contributed by atoms with Gasteiger partial charge in [0.2, 0.25) is 0 Å². The highest BCUT2D eigenvalue weighted by Gasteiger charge is 2.18. The van der Waals surface area contributed by atoms with Crippen molar-refractivity contribution in [1.82, 2.24) is 5.32 Å². The third-order valence-electron chi connectivity index (χ3n) is 3.32. The Balaban J connectivity index is 2.05. The summed E-state index contributed by atoms with van der Waals surface area (Å²) in [6, 6.07) is 13.2. The minimum Gasteiger partial charge on any atom is -0.496 e. The van der Waals surface area contributed by atoms with Gasteiger partial charge in [-0.05, 0) is 25.1 Å². The fourth-order valence-electron chi connectivity index (χ4n) is 2.08. The van der Waals surface area contributed by atoms with Crippen LogP contribution in [0.3, 0.4) is 0 Å². The number of ketones is 1. The van der Waals surface area contributed by atoms with Crippen molar-refractivity contribution >= 4 is 5.78 Å². The molecule has 0 amide bonds. The highest BCUT2D eigenvalue weighted by Crippen LogP contribution is 2.19. The zero-order chi connectivity index (χ0) is 15.2. The van der Waals surface area contributed by atoms with Crippen molar-refractivity contribution in [2.45, 2.75) is 19.5 Å². The molecule has 2 aromatic carbocycles.